The number of nitrogens with zero attached hydrogens (tertiary/aromatic N) is 3. The molecule has 132 valence electrons. The van der Waals surface area contributed by atoms with Crippen molar-refractivity contribution in [3.8, 4) is 28.5 Å². The molecule has 5 nitrogen and oxygen atoms in total. The van der Waals surface area contributed by atoms with Crippen molar-refractivity contribution < 1.29 is 0 Å². The third-order valence-corrected chi connectivity index (χ3v) is 4.81. The quantitative estimate of drug-likeness (QED) is 0.587. The molecule has 0 saturated heterocycles. The van der Waals surface area contributed by atoms with Crippen LogP contribution in [0.5, 0.6) is 0 Å². The SMILES string of the molecule is Cc1ccc(-c2c(C)[nH]n3c(=O)c(C)c(-c4ccc(C#N)cc4)nc23)cc1. The summed E-state index contributed by atoms with van der Waals surface area (Å²) in [5, 5.41) is 12.1. The molecule has 2 heterocycles. The van der Waals surface area contributed by atoms with E-state index in [1.54, 1.807) is 19.1 Å². The van der Waals surface area contributed by atoms with Gasteiger partial charge in [0.1, 0.15) is 0 Å². The number of H-pyrrole nitrogens is 1. The summed E-state index contributed by atoms with van der Waals surface area (Å²) in [6, 6.07) is 17.4. The minimum absolute atomic E-state index is 0.124. The van der Waals surface area contributed by atoms with Crippen LogP contribution in [0.15, 0.2) is 53.3 Å². The average molecular weight is 354 g/mol. The van der Waals surface area contributed by atoms with E-state index in [4.69, 9.17) is 10.2 Å². The van der Waals surface area contributed by atoms with Crippen LogP contribution in [0.4, 0.5) is 0 Å². The van der Waals surface area contributed by atoms with Gasteiger partial charge in [-0.1, -0.05) is 42.0 Å². The van der Waals surface area contributed by atoms with Gasteiger partial charge in [-0.05, 0) is 38.5 Å². The van der Waals surface area contributed by atoms with Crippen molar-refractivity contribution in [2.75, 3.05) is 0 Å². The lowest BCUT2D eigenvalue weighted by Gasteiger charge is -2.07. The Morgan fingerprint density at radius 3 is 2.22 bits per heavy atom. The van der Waals surface area contributed by atoms with Crippen molar-refractivity contribution in [2.45, 2.75) is 20.8 Å². The van der Waals surface area contributed by atoms with Crippen molar-refractivity contribution in [3.05, 3.63) is 81.3 Å². The Kier molecular flexibility index (Phi) is 3.89. The minimum Gasteiger partial charge on any atom is -0.293 e. The van der Waals surface area contributed by atoms with Crippen molar-refractivity contribution in [1.82, 2.24) is 14.6 Å². The third-order valence-electron chi connectivity index (χ3n) is 4.81. The number of nitrogens with one attached hydrogen (secondary N) is 1. The maximum Gasteiger partial charge on any atom is 0.276 e. The van der Waals surface area contributed by atoms with E-state index < -0.39 is 0 Å². The zero-order chi connectivity index (χ0) is 19.1. The van der Waals surface area contributed by atoms with Gasteiger partial charge in [0.05, 0.1) is 17.3 Å². The highest BCUT2D eigenvalue weighted by Gasteiger charge is 2.18. The summed E-state index contributed by atoms with van der Waals surface area (Å²) in [4.78, 5) is 17.8. The fourth-order valence-electron chi connectivity index (χ4n) is 3.32. The summed E-state index contributed by atoms with van der Waals surface area (Å²) < 4.78 is 1.51. The molecule has 4 aromatic rings. The molecule has 0 amide bonds. The average Bonchev–Trinajstić information content (AvgIpc) is 3.02. The predicted molar refractivity (Wildman–Crippen MR) is 106 cm³/mol. The lowest BCUT2D eigenvalue weighted by atomic mass is 10.0. The molecule has 0 aliphatic heterocycles. The van der Waals surface area contributed by atoms with Gasteiger partial charge in [0.2, 0.25) is 0 Å². The van der Waals surface area contributed by atoms with E-state index in [0.717, 1.165) is 22.4 Å². The minimum atomic E-state index is -0.124. The van der Waals surface area contributed by atoms with Crippen LogP contribution in [0.25, 0.3) is 28.0 Å². The lowest BCUT2D eigenvalue weighted by Crippen LogP contribution is -2.19. The van der Waals surface area contributed by atoms with Crippen LogP contribution in [0, 0.1) is 32.1 Å². The molecule has 4 rings (SSSR count). The maximum atomic E-state index is 12.9. The number of nitriles is 1. The van der Waals surface area contributed by atoms with E-state index in [0.29, 0.717) is 22.5 Å². The number of hydrogen-bond donors (Lipinski definition) is 1. The van der Waals surface area contributed by atoms with Gasteiger partial charge in [-0.25, -0.2) is 9.50 Å². The van der Waals surface area contributed by atoms with Crippen LogP contribution < -0.4 is 5.56 Å². The van der Waals surface area contributed by atoms with Crippen LogP contribution in [-0.4, -0.2) is 14.6 Å². The zero-order valence-electron chi connectivity index (χ0n) is 15.4. The number of aromatic nitrogens is 3. The van der Waals surface area contributed by atoms with Crippen molar-refractivity contribution in [1.29, 1.82) is 5.26 Å². The molecule has 0 spiro atoms. The molecule has 27 heavy (non-hydrogen) atoms. The van der Waals surface area contributed by atoms with Gasteiger partial charge < -0.3 is 0 Å². The van der Waals surface area contributed by atoms with Crippen molar-refractivity contribution in [3.63, 3.8) is 0 Å². The second-order valence-corrected chi connectivity index (χ2v) is 6.72. The van der Waals surface area contributed by atoms with Gasteiger partial charge >= 0.3 is 0 Å². The second kappa shape index (κ2) is 6.26. The highest BCUT2D eigenvalue weighted by molar-refractivity contribution is 5.81. The molecule has 5 heteroatoms. The summed E-state index contributed by atoms with van der Waals surface area (Å²) in [7, 11) is 0. The van der Waals surface area contributed by atoms with Crippen LogP contribution in [-0.2, 0) is 0 Å². The molecule has 0 aliphatic carbocycles. The lowest BCUT2D eigenvalue weighted by molar-refractivity contribution is 0.871. The summed E-state index contributed by atoms with van der Waals surface area (Å²) in [5.41, 5.74) is 7.07. The van der Waals surface area contributed by atoms with E-state index in [1.165, 1.54) is 10.1 Å². The number of hydrogen-bond acceptors (Lipinski definition) is 3. The first-order valence-electron chi connectivity index (χ1n) is 8.69. The second-order valence-electron chi connectivity index (χ2n) is 6.72. The Morgan fingerprint density at radius 1 is 0.963 bits per heavy atom. The fraction of sp³-hybridized carbons (Fsp3) is 0.136. The van der Waals surface area contributed by atoms with E-state index in [2.05, 4.69) is 11.2 Å². The first-order valence-corrected chi connectivity index (χ1v) is 8.69. The molecule has 0 fully saturated rings. The van der Waals surface area contributed by atoms with Gasteiger partial charge in [-0.15, -0.1) is 0 Å². The summed E-state index contributed by atoms with van der Waals surface area (Å²) in [5.74, 6) is 0. The number of rotatable bonds is 2. The van der Waals surface area contributed by atoms with Crippen LogP contribution in [0.2, 0.25) is 0 Å². The molecule has 0 saturated carbocycles. The summed E-state index contributed by atoms with van der Waals surface area (Å²) >= 11 is 0. The number of aromatic amines is 1. The third kappa shape index (κ3) is 2.72. The highest BCUT2D eigenvalue weighted by Crippen LogP contribution is 2.29. The molecule has 0 radical (unpaired) electrons. The van der Waals surface area contributed by atoms with Gasteiger partial charge in [-0.3, -0.25) is 9.89 Å². The van der Waals surface area contributed by atoms with E-state index in [9.17, 15) is 4.79 Å². The smallest absolute Gasteiger partial charge is 0.276 e. The Bertz CT molecular complexity index is 1250. The van der Waals surface area contributed by atoms with Crippen LogP contribution >= 0.6 is 0 Å². The number of aryl methyl sites for hydroxylation is 2. The molecular weight excluding hydrogens is 336 g/mol. The first kappa shape index (κ1) is 16.8. The number of benzene rings is 2. The first-order chi connectivity index (χ1) is 13.0. The topological polar surface area (TPSA) is 73.9 Å². The molecule has 0 aliphatic rings. The van der Waals surface area contributed by atoms with Crippen LogP contribution in [0.1, 0.15) is 22.4 Å². The maximum absolute atomic E-state index is 12.9. The standard InChI is InChI=1S/C22H18N4O/c1-13-4-8-17(9-5-13)19-15(3)25-26-21(19)24-20(14(2)22(26)27)18-10-6-16(12-23)7-11-18/h4-11,25H,1-3H3. The molecule has 0 bridgehead atoms. The monoisotopic (exact) mass is 354 g/mol. The van der Waals surface area contributed by atoms with Gasteiger partial charge in [0.15, 0.2) is 5.65 Å². The fourth-order valence-corrected chi connectivity index (χ4v) is 3.32. The van der Waals surface area contributed by atoms with Gasteiger partial charge in [0, 0.05) is 22.4 Å². The highest BCUT2D eigenvalue weighted by atomic mass is 16.1. The van der Waals surface area contributed by atoms with Crippen LogP contribution in [0.3, 0.4) is 0 Å². The Hall–Kier alpha value is -3.65. The molecule has 1 N–H and O–H groups in total. The number of fused-ring (bicyclic) bond motifs is 1. The zero-order valence-corrected chi connectivity index (χ0v) is 15.4. The molecule has 0 atom stereocenters. The molecule has 0 unspecified atom stereocenters. The predicted octanol–water partition coefficient (Wildman–Crippen LogP) is 4.15. The van der Waals surface area contributed by atoms with Gasteiger partial charge in [0.25, 0.3) is 5.56 Å². The van der Waals surface area contributed by atoms with Crippen molar-refractivity contribution in [2.24, 2.45) is 0 Å². The Balaban J connectivity index is 2.01. The molecule has 2 aromatic heterocycles. The van der Waals surface area contributed by atoms with E-state index >= 15 is 0 Å². The largest absolute Gasteiger partial charge is 0.293 e. The van der Waals surface area contributed by atoms with Crippen molar-refractivity contribution >= 4 is 5.65 Å². The molecular formula is C22H18N4O. The normalized spacial score (nSPS) is 10.9. The Labute approximate surface area is 156 Å². The van der Waals surface area contributed by atoms with E-state index in [1.807, 2.05) is 50.2 Å². The molecule has 2 aromatic carbocycles. The van der Waals surface area contributed by atoms with Gasteiger partial charge in [-0.2, -0.15) is 5.26 Å². The van der Waals surface area contributed by atoms with E-state index in [-0.39, 0.29) is 5.56 Å². The summed E-state index contributed by atoms with van der Waals surface area (Å²) in [6.07, 6.45) is 0. The summed E-state index contributed by atoms with van der Waals surface area (Å²) in [6.45, 7) is 5.76. The Morgan fingerprint density at radius 2 is 1.59 bits per heavy atom.